The average molecular weight is 261 g/mol. The lowest BCUT2D eigenvalue weighted by molar-refractivity contribution is 0.0692. The second-order valence-corrected chi connectivity index (χ2v) is 3.51. The molecular weight excluding hydrogens is 253 g/mol. The van der Waals surface area contributed by atoms with E-state index in [0.717, 1.165) is 6.20 Å². The third kappa shape index (κ3) is 2.71. The maximum absolute atomic E-state index is 13.3. The van der Waals surface area contributed by atoms with Crippen molar-refractivity contribution in [2.45, 2.75) is 0 Å². The Labute approximate surface area is 106 Å². The summed E-state index contributed by atoms with van der Waals surface area (Å²) >= 11 is 0. The lowest BCUT2D eigenvalue weighted by Crippen LogP contribution is -2.17. The van der Waals surface area contributed by atoms with Gasteiger partial charge in [-0.05, 0) is 18.2 Å². The van der Waals surface area contributed by atoms with E-state index in [1.54, 1.807) is 0 Å². The molecule has 2 heterocycles. The molecule has 2 aromatic heterocycles. The summed E-state index contributed by atoms with van der Waals surface area (Å²) in [6.07, 6.45) is 3.45. The van der Waals surface area contributed by atoms with Crippen LogP contribution >= 0.6 is 0 Å². The van der Waals surface area contributed by atoms with Crippen molar-refractivity contribution in [1.29, 1.82) is 0 Å². The van der Waals surface area contributed by atoms with Crippen molar-refractivity contribution >= 4 is 17.6 Å². The van der Waals surface area contributed by atoms with Crippen LogP contribution in [-0.2, 0) is 0 Å². The molecule has 0 saturated heterocycles. The molecular formula is C12H8FN3O3. The number of carbonyl (C=O) groups excluding carboxylic acids is 1. The van der Waals surface area contributed by atoms with Gasteiger partial charge in [0.25, 0.3) is 5.91 Å². The fraction of sp³-hybridized carbons (Fsp3) is 0. The molecule has 0 fully saturated rings. The van der Waals surface area contributed by atoms with Gasteiger partial charge in [-0.3, -0.25) is 9.78 Å². The number of hydrogen-bond donors (Lipinski definition) is 2. The first kappa shape index (κ1) is 12.6. The Balaban J connectivity index is 2.30. The first-order valence-electron chi connectivity index (χ1n) is 5.19. The van der Waals surface area contributed by atoms with Gasteiger partial charge in [-0.25, -0.2) is 14.2 Å². The smallest absolute Gasteiger partial charge is 0.356 e. The fourth-order valence-electron chi connectivity index (χ4n) is 1.43. The number of aromatic nitrogens is 2. The normalized spacial score (nSPS) is 9.95. The van der Waals surface area contributed by atoms with Crippen LogP contribution in [0.2, 0.25) is 0 Å². The molecule has 0 aliphatic carbocycles. The summed E-state index contributed by atoms with van der Waals surface area (Å²) in [7, 11) is 0. The summed E-state index contributed by atoms with van der Waals surface area (Å²) in [5, 5.41) is 11.2. The lowest BCUT2D eigenvalue weighted by atomic mass is 10.2. The number of nitrogens with zero attached hydrogens (tertiary/aromatic N) is 2. The van der Waals surface area contributed by atoms with Crippen LogP contribution in [0.1, 0.15) is 20.8 Å². The molecule has 0 aliphatic rings. The summed E-state index contributed by atoms with van der Waals surface area (Å²) in [6, 6.07) is 4.03. The van der Waals surface area contributed by atoms with Crippen LogP contribution in [0.3, 0.4) is 0 Å². The number of anilines is 1. The van der Waals surface area contributed by atoms with Gasteiger partial charge in [-0.2, -0.15) is 0 Å². The van der Waals surface area contributed by atoms with E-state index in [-0.39, 0.29) is 16.9 Å². The van der Waals surface area contributed by atoms with E-state index in [0.29, 0.717) is 0 Å². The van der Waals surface area contributed by atoms with E-state index in [1.165, 1.54) is 30.6 Å². The Morgan fingerprint density at radius 2 is 2.05 bits per heavy atom. The molecule has 0 bridgehead atoms. The minimum atomic E-state index is -1.29. The quantitative estimate of drug-likeness (QED) is 0.874. The highest BCUT2D eigenvalue weighted by Crippen LogP contribution is 2.14. The van der Waals surface area contributed by atoms with Crippen LogP contribution in [0.25, 0.3) is 0 Å². The van der Waals surface area contributed by atoms with E-state index in [2.05, 4.69) is 15.3 Å². The minimum absolute atomic E-state index is 0.00351. The predicted molar refractivity (Wildman–Crippen MR) is 63.3 cm³/mol. The predicted octanol–water partition coefficient (Wildman–Crippen LogP) is 1.57. The fourth-order valence-corrected chi connectivity index (χ4v) is 1.43. The molecule has 0 aromatic carbocycles. The van der Waals surface area contributed by atoms with Crippen LogP contribution < -0.4 is 5.32 Å². The maximum Gasteiger partial charge on any atom is 0.356 e. The SMILES string of the molecule is O=C(Nc1cccnc1C(=O)O)c1ccncc1F. The van der Waals surface area contributed by atoms with Gasteiger partial charge in [-0.1, -0.05) is 0 Å². The van der Waals surface area contributed by atoms with E-state index in [4.69, 9.17) is 5.11 Å². The summed E-state index contributed by atoms with van der Waals surface area (Å²) < 4.78 is 13.3. The van der Waals surface area contributed by atoms with Crippen LogP contribution in [0.15, 0.2) is 36.8 Å². The van der Waals surface area contributed by atoms with Gasteiger partial charge in [0.2, 0.25) is 0 Å². The van der Waals surface area contributed by atoms with Crippen LogP contribution in [0.4, 0.5) is 10.1 Å². The molecule has 0 atom stereocenters. The highest BCUT2D eigenvalue weighted by Gasteiger charge is 2.16. The molecule has 96 valence electrons. The van der Waals surface area contributed by atoms with Gasteiger partial charge in [0.15, 0.2) is 11.5 Å². The Kier molecular flexibility index (Phi) is 3.46. The number of pyridine rings is 2. The van der Waals surface area contributed by atoms with Crippen LogP contribution in [0.5, 0.6) is 0 Å². The minimum Gasteiger partial charge on any atom is -0.476 e. The first-order valence-corrected chi connectivity index (χ1v) is 5.19. The molecule has 19 heavy (non-hydrogen) atoms. The molecule has 2 N–H and O–H groups in total. The Hall–Kier alpha value is -2.83. The number of halogens is 1. The number of carbonyl (C=O) groups is 2. The van der Waals surface area contributed by atoms with Crippen molar-refractivity contribution in [1.82, 2.24) is 9.97 Å². The van der Waals surface area contributed by atoms with Crippen molar-refractivity contribution in [2.24, 2.45) is 0 Å². The second-order valence-electron chi connectivity index (χ2n) is 3.51. The molecule has 6 nitrogen and oxygen atoms in total. The number of amides is 1. The molecule has 0 saturated carbocycles. The van der Waals surface area contributed by atoms with E-state index in [9.17, 15) is 14.0 Å². The molecule has 0 spiro atoms. The highest BCUT2D eigenvalue weighted by molar-refractivity contribution is 6.07. The number of rotatable bonds is 3. The van der Waals surface area contributed by atoms with Gasteiger partial charge in [0, 0.05) is 12.4 Å². The summed E-state index contributed by atoms with van der Waals surface area (Å²) in [6.45, 7) is 0. The lowest BCUT2D eigenvalue weighted by Gasteiger charge is -2.07. The molecule has 0 unspecified atom stereocenters. The molecule has 2 aromatic rings. The zero-order chi connectivity index (χ0) is 13.8. The molecule has 1 amide bonds. The third-order valence-electron chi connectivity index (χ3n) is 2.28. The number of carboxylic acid groups (broad SMARTS) is 1. The monoisotopic (exact) mass is 261 g/mol. The van der Waals surface area contributed by atoms with E-state index in [1.807, 2.05) is 0 Å². The molecule has 7 heteroatoms. The van der Waals surface area contributed by atoms with Crippen molar-refractivity contribution in [2.75, 3.05) is 5.32 Å². The topological polar surface area (TPSA) is 92.2 Å². The standard InChI is InChI=1S/C12H8FN3O3/c13-8-6-14-5-3-7(8)11(17)16-9-2-1-4-15-10(9)12(18)19/h1-6H,(H,16,17)(H,18,19). The van der Waals surface area contributed by atoms with Crippen LogP contribution in [0, 0.1) is 5.82 Å². The van der Waals surface area contributed by atoms with Crippen molar-refractivity contribution < 1.29 is 19.1 Å². The van der Waals surface area contributed by atoms with Gasteiger partial charge in [-0.15, -0.1) is 0 Å². The molecule has 2 rings (SSSR count). The van der Waals surface area contributed by atoms with Gasteiger partial charge < -0.3 is 10.4 Å². The zero-order valence-electron chi connectivity index (χ0n) is 9.50. The Bertz CT molecular complexity index is 646. The molecule has 0 aliphatic heterocycles. The number of hydrogen-bond acceptors (Lipinski definition) is 4. The summed E-state index contributed by atoms with van der Waals surface area (Å²) in [4.78, 5) is 29.9. The largest absolute Gasteiger partial charge is 0.476 e. The summed E-state index contributed by atoms with van der Waals surface area (Å²) in [5.41, 5.74) is -0.545. The molecule has 0 radical (unpaired) electrons. The van der Waals surface area contributed by atoms with E-state index < -0.39 is 17.7 Å². The van der Waals surface area contributed by atoms with E-state index >= 15 is 0 Å². The van der Waals surface area contributed by atoms with Gasteiger partial charge in [0.05, 0.1) is 17.4 Å². The Morgan fingerprint density at radius 3 is 2.74 bits per heavy atom. The second kappa shape index (κ2) is 5.21. The Morgan fingerprint density at radius 1 is 1.26 bits per heavy atom. The van der Waals surface area contributed by atoms with Crippen molar-refractivity contribution in [3.8, 4) is 0 Å². The maximum atomic E-state index is 13.3. The number of nitrogens with one attached hydrogen (secondary N) is 1. The van der Waals surface area contributed by atoms with Crippen molar-refractivity contribution in [3.05, 3.63) is 53.9 Å². The van der Waals surface area contributed by atoms with Gasteiger partial charge >= 0.3 is 5.97 Å². The van der Waals surface area contributed by atoms with Crippen LogP contribution in [-0.4, -0.2) is 27.0 Å². The summed E-state index contributed by atoms with van der Waals surface area (Å²) in [5.74, 6) is -2.85. The number of carboxylic acids is 1. The van der Waals surface area contributed by atoms with Crippen molar-refractivity contribution in [3.63, 3.8) is 0 Å². The highest BCUT2D eigenvalue weighted by atomic mass is 19.1. The zero-order valence-corrected chi connectivity index (χ0v) is 9.50. The average Bonchev–Trinajstić information content (AvgIpc) is 2.39. The van der Waals surface area contributed by atoms with Gasteiger partial charge in [0.1, 0.15) is 0 Å². The first-order chi connectivity index (χ1) is 9.09. The number of aromatic carboxylic acids is 1. The third-order valence-corrected chi connectivity index (χ3v) is 2.28.